The summed E-state index contributed by atoms with van der Waals surface area (Å²) in [5.74, 6) is 1.36. The maximum absolute atomic E-state index is 12.2. The second kappa shape index (κ2) is 10.6. The Morgan fingerprint density at radius 3 is 2.23 bits per heavy atom. The zero-order chi connectivity index (χ0) is 23.9. The van der Waals surface area contributed by atoms with Gasteiger partial charge >= 0.3 is 0 Å². The third-order valence-electron chi connectivity index (χ3n) is 5.64. The van der Waals surface area contributed by atoms with Crippen molar-refractivity contribution >= 4 is 16.9 Å². The van der Waals surface area contributed by atoms with Crippen molar-refractivity contribution < 1.29 is 18.7 Å². The van der Waals surface area contributed by atoms with E-state index in [1.54, 1.807) is 18.4 Å². The highest BCUT2D eigenvalue weighted by atomic mass is 16.5. The van der Waals surface area contributed by atoms with Crippen molar-refractivity contribution in [2.75, 3.05) is 13.2 Å². The van der Waals surface area contributed by atoms with Crippen molar-refractivity contribution in [3.63, 3.8) is 0 Å². The van der Waals surface area contributed by atoms with Gasteiger partial charge < -0.3 is 19.2 Å². The Bertz CT molecular complexity index is 1410. The van der Waals surface area contributed by atoms with E-state index >= 15 is 0 Å². The molecule has 0 fully saturated rings. The lowest BCUT2D eigenvalue weighted by Crippen LogP contribution is -2.22. The molecule has 0 radical (unpaired) electrons. The number of hydrogen-bond donors (Lipinski definition) is 1. The molecule has 0 aliphatic rings. The van der Waals surface area contributed by atoms with Gasteiger partial charge in [-0.15, -0.1) is 0 Å². The van der Waals surface area contributed by atoms with Crippen LogP contribution in [0.3, 0.4) is 0 Å². The Labute approximate surface area is 203 Å². The molecule has 0 spiro atoms. The highest BCUT2D eigenvalue weighted by Crippen LogP contribution is 2.32. The normalized spacial score (nSPS) is 10.7. The fourth-order valence-electron chi connectivity index (χ4n) is 3.88. The minimum absolute atomic E-state index is 0.102. The summed E-state index contributed by atoms with van der Waals surface area (Å²) in [6.07, 6.45) is 1.78. The average Bonchev–Trinajstić information content (AvgIpc) is 3.34. The fourth-order valence-corrected chi connectivity index (χ4v) is 3.88. The largest absolute Gasteiger partial charge is 0.490 e. The molecule has 5 rings (SSSR count). The number of furan rings is 1. The van der Waals surface area contributed by atoms with Crippen LogP contribution in [0.25, 0.3) is 22.1 Å². The maximum Gasteiger partial charge on any atom is 0.251 e. The van der Waals surface area contributed by atoms with E-state index < -0.39 is 0 Å². The lowest BCUT2D eigenvalue weighted by atomic mass is 10.1. The molecular weight excluding hydrogens is 438 g/mol. The number of nitrogens with one attached hydrogen (secondary N) is 1. The predicted molar refractivity (Wildman–Crippen MR) is 137 cm³/mol. The molecular formula is C30H25NO4. The molecule has 1 heterocycles. The molecule has 5 nitrogen and oxygen atoms in total. The van der Waals surface area contributed by atoms with E-state index in [2.05, 4.69) is 17.4 Å². The van der Waals surface area contributed by atoms with Crippen molar-refractivity contribution in [2.24, 2.45) is 0 Å². The predicted octanol–water partition coefficient (Wildman–Crippen LogP) is 6.49. The summed E-state index contributed by atoms with van der Waals surface area (Å²) in [6, 6.07) is 32.9. The van der Waals surface area contributed by atoms with Gasteiger partial charge in [0.15, 0.2) is 0 Å². The summed E-state index contributed by atoms with van der Waals surface area (Å²) >= 11 is 0. The first-order valence-corrected chi connectivity index (χ1v) is 11.5. The molecule has 1 amide bonds. The van der Waals surface area contributed by atoms with Gasteiger partial charge in [-0.05, 0) is 47.5 Å². The summed E-state index contributed by atoms with van der Waals surface area (Å²) < 4.78 is 17.5. The zero-order valence-electron chi connectivity index (χ0n) is 19.1. The van der Waals surface area contributed by atoms with E-state index in [-0.39, 0.29) is 5.91 Å². The Hall–Kier alpha value is -4.51. The quantitative estimate of drug-likeness (QED) is 0.254. The summed E-state index contributed by atoms with van der Waals surface area (Å²) in [5, 5.41) is 3.98. The highest BCUT2D eigenvalue weighted by molar-refractivity contribution is 5.95. The van der Waals surface area contributed by atoms with Crippen LogP contribution in [0, 0.1) is 0 Å². The molecule has 0 aliphatic carbocycles. The highest BCUT2D eigenvalue weighted by Gasteiger charge is 2.09. The number of rotatable bonds is 9. The van der Waals surface area contributed by atoms with Gasteiger partial charge in [0.05, 0.1) is 6.26 Å². The molecule has 1 aromatic heterocycles. The van der Waals surface area contributed by atoms with E-state index in [1.165, 1.54) is 0 Å². The van der Waals surface area contributed by atoms with Crippen LogP contribution in [0.5, 0.6) is 11.5 Å². The van der Waals surface area contributed by atoms with Crippen molar-refractivity contribution in [1.82, 2.24) is 5.32 Å². The van der Waals surface area contributed by atoms with E-state index in [0.717, 1.165) is 39.2 Å². The van der Waals surface area contributed by atoms with Crippen molar-refractivity contribution in [3.05, 3.63) is 121 Å². The fraction of sp³-hybridized carbons (Fsp3) is 0.100. The van der Waals surface area contributed by atoms with Crippen molar-refractivity contribution in [2.45, 2.75) is 6.54 Å². The maximum atomic E-state index is 12.2. The molecule has 1 N–H and O–H groups in total. The number of hydrogen-bond acceptors (Lipinski definition) is 4. The van der Waals surface area contributed by atoms with Crippen LogP contribution < -0.4 is 14.8 Å². The monoisotopic (exact) mass is 463 g/mol. The van der Waals surface area contributed by atoms with Gasteiger partial charge in [0.25, 0.3) is 5.91 Å². The summed E-state index contributed by atoms with van der Waals surface area (Å²) in [5.41, 5.74) is 4.57. The first kappa shape index (κ1) is 22.3. The first-order chi connectivity index (χ1) is 17.3. The minimum Gasteiger partial charge on any atom is -0.490 e. The average molecular weight is 464 g/mol. The number of benzene rings is 4. The van der Waals surface area contributed by atoms with Gasteiger partial charge in [-0.25, -0.2) is 0 Å². The number of carbonyl (C=O) groups excluding carboxylic acids is 1. The molecule has 0 unspecified atom stereocenters. The number of carbonyl (C=O) groups is 1. The van der Waals surface area contributed by atoms with E-state index in [9.17, 15) is 4.79 Å². The molecule has 5 heteroatoms. The van der Waals surface area contributed by atoms with Crippen LogP contribution in [0.2, 0.25) is 0 Å². The van der Waals surface area contributed by atoms with E-state index in [1.807, 2.05) is 78.9 Å². The summed E-state index contributed by atoms with van der Waals surface area (Å²) in [4.78, 5) is 12.2. The van der Waals surface area contributed by atoms with Crippen LogP contribution in [0.1, 0.15) is 15.9 Å². The molecule has 0 bridgehead atoms. The number of amides is 1. The molecule has 4 aromatic carbocycles. The molecule has 0 atom stereocenters. The molecule has 0 saturated carbocycles. The van der Waals surface area contributed by atoms with Gasteiger partial charge in [-0.1, -0.05) is 60.7 Å². The van der Waals surface area contributed by atoms with Gasteiger partial charge in [0.2, 0.25) is 0 Å². The first-order valence-electron chi connectivity index (χ1n) is 11.5. The second-order valence-corrected chi connectivity index (χ2v) is 8.07. The molecule has 35 heavy (non-hydrogen) atoms. The third kappa shape index (κ3) is 5.53. The van der Waals surface area contributed by atoms with E-state index in [4.69, 9.17) is 13.9 Å². The summed E-state index contributed by atoms with van der Waals surface area (Å²) in [7, 11) is 0. The van der Waals surface area contributed by atoms with Gasteiger partial charge in [0, 0.05) is 29.1 Å². The van der Waals surface area contributed by atoms with E-state index in [0.29, 0.717) is 25.3 Å². The van der Waals surface area contributed by atoms with Crippen LogP contribution in [-0.2, 0) is 6.54 Å². The SMILES string of the molecule is O=C(NCc1cccc(OCCOc2ccc3c(-c4ccccc4)coc3c2)c1)c1ccccc1. The van der Waals surface area contributed by atoms with Crippen LogP contribution >= 0.6 is 0 Å². The Morgan fingerprint density at radius 1 is 0.743 bits per heavy atom. The zero-order valence-corrected chi connectivity index (χ0v) is 19.1. The van der Waals surface area contributed by atoms with Gasteiger partial charge in [-0.2, -0.15) is 0 Å². The Balaban J connectivity index is 1.12. The second-order valence-electron chi connectivity index (χ2n) is 8.07. The van der Waals surface area contributed by atoms with Crippen LogP contribution in [0.15, 0.2) is 114 Å². The van der Waals surface area contributed by atoms with Crippen LogP contribution in [-0.4, -0.2) is 19.1 Å². The Kier molecular flexibility index (Phi) is 6.76. The number of fused-ring (bicyclic) bond motifs is 1. The standard InChI is InChI=1S/C30H25NO4/c32-30(24-11-5-2-6-12-24)31-20-22-8-7-13-25(18-22)33-16-17-34-26-14-15-27-28(21-35-29(27)19-26)23-9-3-1-4-10-23/h1-15,18-19,21H,16-17,20H2,(H,31,32). The number of ether oxygens (including phenoxy) is 2. The lowest BCUT2D eigenvalue weighted by Gasteiger charge is -2.10. The third-order valence-corrected chi connectivity index (χ3v) is 5.64. The lowest BCUT2D eigenvalue weighted by molar-refractivity contribution is 0.0951. The molecule has 5 aromatic rings. The minimum atomic E-state index is -0.102. The van der Waals surface area contributed by atoms with Crippen molar-refractivity contribution in [1.29, 1.82) is 0 Å². The molecule has 0 aliphatic heterocycles. The van der Waals surface area contributed by atoms with Gasteiger partial charge in [-0.3, -0.25) is 4.79 Å². The van der Waals surface area contributed by atoms with Gasteiger partial charge in [0.1, 0.15) is 30.3 Å². The van der Waals surface area contributed by atoms with Crippen LogP contribution in [0.4, 0.5) is 0 Å². The summed E-state index contributed by atoms with van der Waals surface area (Å²) in [6.45, 7) is 1.22. The molecule has 174 valence electrons. The topological polar surface area (TPSA) is 60.7 Å². The smallest absolute Gasteiger partial charge is 0.251 e. The Morgan fingerprint density at radius 2 is 1.46 bits per heavy atom. The molecule has 0 saturated heterocycles. The van der Waals surface area contributed by atoms with Crippen molar-refractivity contribution in [3.8, 4) is 22.6 Å².